The Hall–Kier alpha value is 0.340. The highest BCUT2D eigenvalue weighted by Gasteiger charge is 2.32. The third kappa shape index (κ3) is 3.33. The van der Waals surface area contributed by atoms with Gasteiger partial charge < -0.3 is 5.32 Å². The third-order valence-electron chi connectivity index (χ3n) is 3.18. The summed E-state index contributed by atoms with van der Waals surface area (Å²) >= 11 is 10.4. The summed E-state index contributed by atoms with van der Waals surface area (Å²) in [6, 6.07) is 1.55. The second-order valence-corrected chi connectivity index (χ2v) is 9.29. The molecule has 2 rings (SSSR count). The standard InChI is InChI=1S/C11H16BrClN2O2S2/c1-2-15(8-4-3-5-14-7-8)19(16,17)10-6-9(13)11(12)18-10/h6,8,14H,2-5,7H2,1H3. The normalized spacial score (nSPS) is 20.9. The predicted octanol–water partition coefficient (Wildman–Crippen LogP) is 2.93. The zero-order valence-electron chi connectivity index (χ0n) is 10.5. The van der Waals surface area contributed by atoms with Crippen molar-refractivity contribution in [2.24, 2.45) is 0 Å². The predicted molar refractivity (Wildman–Crippen MR) is 82.5 cm³/mol. The van der Waals surface area contributed by atoms with Crippen LogP contribution in [-0.2, 0) is 10.0 Å². The first-order valence-corrected chi connectivity index (χ1v) is 9.57. The van der Waals surface area contributed by atoms with Crippen LogP contribution >= 0.6 is 38.9 Å². The molecule has 0 amide bonds. The van der Waals surface area contributed by atoms with E-state index in [0.717, 1.165) is 30.7 Å². The summed E-state index contributed by atoms with van der Waals surface area (Å²) in [7, 11) is -3.46. The zero-order chi connectivity index (χ0) is 14.0. The number of halogens is 2. The molecule has 8 heteroatoms. The van der Waals surface area contributed by atoms with Gasteiger partial charge in [-0.3, -0.25) is 0 Å². The van der Waals surface area contributed by atoms with Crippen molar-refractivity contribution in [3.63, 3.8) is 0 Å². The monoisotopic (exact) mass is 386 g/mol. The molecule has 108 valence electrons. The Bertz CT molecular complexity index is 521. The van der Waals surface area contributed by atoms with E-state index in [-0.39, 0.29) is 6.04 Å². The fraction of sp³-hybridized carbons (Fsp3) is 0.636. The van der Waals surface area contributed by atoms with Crippen LogP contribution in [0.4, 0.5) is 0 Å². The molecule has 0 saturated carbocycles. The second-order valence-electron chi connectivity index (χ2n) is 4.40. The Balaban J connectivity index is 2.29. The van der Waals surface area contributed by atoms with E-state index < -0.39 is 10.0 Å². The molecule has 0 spiro atoms. The van der Waals surface area contributed by atoms with E-state index in [0.29, 0.717) is 26.1 Å². The number of hydrogen-bond acceptors (Lipinski definition) is 4. The van der Waals surface area contributed by atoms with Crippen LogP contribution in [0.15, 0.2) is 14.1 Å². The topological polar surface area (TPSA) is 49.4 Å². The van der Waals surface area contributed by atoms with Crippen molar-refractivity contribution in [2.45, 2.75) is 30.0 Å². The van der Waals surface area contributed by atoms with Crippen molar-refractivity contribution in [3.05, 3.63) is 14.9 Å². The van der Waals surface area contributed by atoms with Gasteiger partial charge in [-0.15, -0.1) is 11.3 Å². The van der Waals surface area contributed by atoms with Gasteiger partial charge in [0.05, 0.1) is 8.81 Å². The number of nitrogens with one attached hydrogen (secondary N) is 1. The smallest absolute Gasteiger partial charge is 0.252 e. The van der Waals surface area contributed by atoms with Gasteiger partial charge in [-0.05, 0) is 41.4 Å². The highest BCUT2D eigenvalue weighted by Crippen LogP contribution is 2.36. The second kappa shape index (κ2) is 6.41. The van der Waals surface area contributed by atoms with Gasteiger partial charge in [0.25, 0.3) is 10.0 Å². The minimum Gasteiger partial charge on any atom is -0.315 e. The maximum atomic E-state index is 12.7. The first kappa shape index (κ1) is 15.7. The largest absolute Gasteiger partial charge is 0.315 e. The average molecular weight is 388 g/mol. The van der Waals surface area contributed by atoms with Crippen LogP contribution in [0.5, 0.6) is 0 Å². The fourth-order valence-corrected chi connectivity index (χ4v) is 6.46. The van der Waals surface area contributed by atoms with Crippen molar-refractivity contribution in [2.75, 3.05) is 19.6 Å². The number of thiophene rings is 1. The Morgan fingerprint density at radius 3 is 2.84 bits per heavy atom. The van der Waals surface area contributed by atoms with E-state index in [1.54, 1.807) is 4.31 Å². The van der Waals surface area contributed by atoms with Crippen LogP contribution in [0, 0.1) is 0 Å². The maximum absolute atomic E-state index is 12.7. The van der Waals surface area contributed by atoms with Crippen LogP contribution in [0.1, 0.15) is 19.8 Å². The van der Waals surface area contributed by atoms with Crippen molar-refractivity contribution >= 4 is 48.9 Å². The lowest BCUT2D eigenvalue weighted by atomic mass is 10.1. The lowest BCUT2D eigenvalue weighted by Gasteiger charge is -2.32. The van der Waals surface area contributed by atoms with E-state index in [4.69, 9.17) is 11.6 Å². The number of likely N-dealkylation sites (N-methyl/N-ethyl adjacent to an activating group) is 1. The van der Waals surface area contributed by atoms with Crippen molar-refractivity contribution in [1.82, 2.24) is 9.62 Å². The first-order chi connectivity index (χ1) is 8.96. The Kier molecular flexibility index (Phi) is 5.30. The Morgan fingerprint density at radius 2 is 2.37 bits per heavy atom. The molecule has 1 atom stereocenters. The van der Waals surface area contributed by atoms with Gasteiger partial charge >= 0.3 is 0 Å². The number of rotatable bonds is 4. The molecule has 1 N–H and O–H groups in total. The molecule has 1 aliphatic heterocycles. The summed E-state index contributed by atoms with van der Waals surface area (Å²) in [5.41, 5.74) is 0. The van der Waals surface area contributed by atoms with Gasteiger partial charge in [0.2, 0.25) is 0 Å². The minimum atomic E-state index is -3.46. The molecule has 1 aromatic rings. The lowest BCUT2D eigenvalue weighted by Crippen LogP contribution is -2.48. The molecule has 0 radical (unpaired) electrons. The van der Waals surface area contributed by atoms with E-state index in [9.17, 15) is 8.42 Å². The molecular formula is C11H16BrClN2O2S2. The Morgan fingerprint density at radius 1 is 1.63 bits per heavy atom. The van der Waals surface area contributed by atoms with Gasteiger partial charge in [0, 0.05) is 19.1 Å². The molecule has 4 nitrogen and oxygen atoms in total. The lowest BCUT2D eigenvalue weighted by molar-refractivity contribution is 0.275. The summed E-state index contributed by atoms with van der Waals surface area (Å²) in [6.45, 7) is 4.02. The molecule has 1 fully saturated rings. The van der Waals surface area contributed by atoms with Crippen molar-refractivity contribution < 1.29 is 8.42 Å². The minimum absolute atomic E-state index is 0.0309. The molecule has 19 heavy (non-hydrogen) atoms. The molecule has 0 bridgehead atoms. The average Bonchev–Trinajstić information content (AvgIpc) is 2.72. The molecule has 1 unspecified atom stereocenters. The number of piperidine rings is 1. The fourth-order valence-electron chi connectivity index (χ4n) is 2.27. The maximum Gasteiger partial charge on any atom is 0.252 e. The zero-order valence-corrected chi connectivity index (χ0v) is 14.5. The van der Waals surface area contributed by atoms with Crippen molar-refractivity contribution in [1.29, 1.82) is 0 Å². The summed E-state index contributed by atoms with van der Waals surface area (Å²) in [6.07, 6.45) is 1.91. The molecular weight excluding hydrogens is 372 g/mol. The van der Waals surface area contributed by atoms with Gasteiger partial charge in [0.15, 0.2) is 0 Å². The van der Waals surface area contributed by atoms with E-state index in [2.05, 4.69) is 21.2 Å². The molecule has 1 saturated heterocycles. The van der Waals surface area contributed by atoms with Crippen LogP contribution in [0.25, 0.3) is 0 Å². The summed E-state index contributed by atoms with van der Waals surface area (Å²) in [4.78, 5) is 0. The summed E-state index contributed by atoms with van der Waals surface area (Å²) in [5.74, 6) is 0. The molecule has 0 aliphatic carbocycles. The third-order valence-corrected chi connectivity index (χ3v) is 8.13. The molecule has 1 aromatic heterocycles. The highest BCUT2D eigenvalue weighted by molar-refractivity contribution is 9.11. The van der Waals surface area contributed by atoms with E-state index in [1.807, 2.05) is 6.92 Å². The van der Waals surface area contributed by atoms with E-state index in [1.165, 1.54) is 6.07 Å². The summed E-state index contributed by atoms with van der Waals surface area (Å²) in [5, 5.41) is 3.70. The summed E-state index contributed by atoms with van der Waals surface area (Å²) < 4.78 is 27.9. The van der Waals surface area contributed by atoms with Gasteiger partial charge in [-0.25, -0.2) is 8.42 Å². The van der Waals surface area contributed by atoms with Gasteiger partial charge in [-0.2, -0.15) is 4.31 Å². The Labute approximate surface area is 131 Å². The van der Waals surface area contributed by atoms with E-state index >= 15 is 0 Å². The quantitative estimate of drug-likeness (QED) is 0.864. The van der Waals surface area contributed by atoms with Crippen LogP contribution < -0.4 is 5.32 Å². The number of hydrogen-bond donors (Lipinski definition) is 1. The van der Waals surface area contributed by atoms with Gasteiger partial charge in [-0.1, -0.05) is 18.5 Å². The molecule has 0 aromatic carbocycles. The van der Waals surface area contributed by atoms with Crippen LogP contribution in [0.2, 0.25) is 5.02 Å². The van der Waals surface area contributed by atoms with Crippen LogP contribution in [0.3, 0.4) is 0 Å². The van der Waals surface area contributed by atoms with Crippen LogP contribution in [-0.4, -0.2) is 38.4 Å². The molecule has 1 aliphatic rings. The first-order valence-electron chi connectivity index (χ1n) is 6.14. The number of sulfonamides is 1. The SMILES string of the molecule is CCN(C1CCCNC1)S(=O)(=O)c1cc(Cl)c(Br)s1. The van der Waals surface area contributed by atoms with Gasteiger partial charge in [0.1, 0.15) is 4.21 Å². The molecule has 2 heterocycles. The van der Waals surface area contributed by atoms with Crippen molar-refractivity contribution in [3.8, 4) is 0 Å². The highest BCUT2D eigenvalue weighted by atomic mass is 79.9. The number of nitrogens with zero attached hydrogens (tertiary/aromatic N) is 1.